The fourth-order valence-corrected chi connectivity index (χ4v) is 4.65. The minimum atomic E-state index is -0.444. The smallest absolute Gasteiger partial charge is 0.407 e. The van der Waals surface area contributed by atoms with Gasteiger partial charge in [0.15, 0.2) is 0 Å². The molecule has 0 spiro atoms. The summed E-state index contributed by atoms with van der Waals surface area (Å²) in [4.78, 5) is 11.5. The van der Waals surface area contributed by atoms with Crippen LogP contribution in [0.25, 0.3) is 10.9 Å². The van der Waals surface area contributed by atoms with Crippen molar-refractivity contribution in [2.24, 2.45) is 0 Å². The van der Waals surface area contributed by atoms with Crippen molar-refractivity contribution in [2.45, 2.75) is 51.9 Å². The number of carbonyl (C=O) groups excluding carboxylic acids is 1. The Kier molecular flexibility index (Phi) is 9.83. The number of nitrogens with zero attached hydrogens (tertiary/aromatic N) is 2. The monoisotopic (exact) mass is 579 g/mol. The van der Waals surface area contributed by atoms with Crippen LogP contribution in [0.4, 0.5) is 10.5 Å². The quantitative estimate of drug-likeness (QED) is 0.160. The topological polar surface area (TPSA) is 68.2 Å². The SMILES string of the molecule is CC(C)(C)OC(=O)NCCCC[B]CCNc1cc(Br)cc2c1cnn2PI. The third-order valence-corrected chi connectivity index (χ3v) is 6.25. The van der Waals surface area contributed by atoms with E-state index >= 15 is 0 Å². The second-order valence-electron chi connectivity index (χ2n) is 7.46. The number of unbranched alkanes of at least 4 members (excludes halogenated alkanes) is 1. The third-order valence-electron chi connectivity index (χ3n) is 3.90. The molecule has 1 radical (unpaired) electrons. The van der Waals surface area contributed by atoms with Crippen molar-refractivity contribution < 1.29 is 9.53 Å². The molecule has 1 aromatic heterocycles. The highest BCUT2D eigenvalue weighted by atomic mass is 127. The lowest BCUT2D eigenvalue weighted by atomic mass is 9.69. The Balaban J connectivity index is 1.61. The highest BCUT2D eigenvalue weighted by Crippen LogP contribution is 2.34. The van der Waals surface area contributed by atoms with E-state index in [0.717, 1.165) is 53.1 Å². The minimum absolute atomic E-state index is 0.340. The van der Waals surface area contributed by atoms with Gasteiger partial charge in [0, 0.05) is 28.6 Å². The molecule has 2 N–H and O–H groups in total. The largest absolute Gasteiger partial charge is 0.444 e. The molecule has 0 saturated carbocycles. The Bertz CT molecular complexity index is 785. The molecule has 1 heterocycles. The summed E-state index contributed by atoms with van der Waals surface area (Å²) in [5.41, 5.74) is 1.81. The van der Waals surface area contributed by atoms with E-state index in [2.05, 4.69) is 73.1 Å². The first-order valence-corrected chi connectivity index (χ1v) is 14.2. The van der Waals surface area contributed by atoms with E-state index in [9.17, 15) is 4.79 Å². The van der Waals surface area contributed by atoms with Crippen LogP contribution in [0.2, 0.25) is 12.6 Å². The molecule has 2 aromatic rings. The molecule has 1 unspecified atom stereocenters. The van der Waals surface area contributed by atoms with Gasteiger partial charge in [-0.2, -0.15) is 5.10 Å². The van der Waals surface area contributed by atoms with Crippen LogP contribution >= 0.6 is 44.3 Å². The molecule has 0 aliphatic heterocycles. The lowest BCUT2D eigenvalue weighted by Crippen LogP contribution is -2.33. The average molecular weight is 580 g/mol. The lowest BCUT2D eigenvalue weighted by Gasteiger charge is -2.19. The summed E-state index contributed by atoms with van der Waals surface area (Å²) in [6.07, 6.45) is 6.21. The molecule has 2 rings (SSSR count). The van der Waals surface area contributed by atoms with E-state index in [1.54, 1.807) is 0 Å². The summed E-state index contributed by atoms with van der Waals surface area (Å²) < 4.78 is 8.28. The molecule has 10 heteroatoms. The van der Waals surface area contributed by atoms with E-state index in [1.165, 1.54) is 0 Å². The number of carbonyl (C=O) groups is 1. The fourth-order valence-electron chi connectivity index (χ4n) is 2.68. The van der Waals surface area contributed by atoms with Crippen LogP contribution in [0.1, 0.15) is 33.6 Å². The normalized spacial score (nSPS) is 11.9. The number of halogens is 2. The number of benzene rings is 1. The maximum Gasteiger partial charge on any atom is 0.407 e. The summed E-state index contributed by atoms with van der Waals surface area (Å²) in [6, 6.07) is 4.21. The van der Waals surface area contributed by atoms with Gasteiger partial charge in [-0.1, -0.05) is 35.0 Å². The fraction of sp³-hybridized carbons (Fsp3) is 0.556. The van der Waals surface area contributed by atoms with E-state index in [4.69, 9.17) is 4.74 Å². The number of rotatable bonds is 10. The number of hydrogen-bond acceptors (Lipinski definition) is 4. The van der Waals surface area contributed by atoms with Gasteiger partial charge < -0.3 is 15.4 Å². The van der Waals surface area contributed by atoms with Crippen LogP contribution < -0.4 is 10.6 Å². The standard InChI is InChI=1S/C18H27BBrIN4O2P/c1-18(2,3)27-17(26)23-8-5-4-6-19-7-9-22-15-10-13(20)11-16-14(15)12-24-25(16)28-21/h10-12,22,28H,4-9H2,1-3H3,(H,23,26). The zero-order valence-electron chi connectivity index (χ0n) is 16.5. The molecule has 6 nitrogen and oxygen atoms in total. The van der Waals surface area contributed by atoms with Crippen molar-refractivity contribution in [2.75, 3.05) is 18.4 Å². The zero-order valence-corrected chi connectivity index (χ0v) is 21.3. The Morgan fingerprint density at radius 2 is 2.11 bits per heavy atom. The van der Waals surface area contributed by atoms with Gasteiger partial charge in [-0.15, -0.1) is 0 Å². The molecular weight excluding hydrogens is 553 g/mol. The summed E-state index contributed by atoms with van der Waals surface area (Å²) in [5, 5.41) is 11.9. The maximum atomic E-state index is 11.5. The number of amides is 1. The van der Waals surface area contributed by atoms with Crippen LogP contribution in [0.5, 0.6) is 0 Å². The Labute approximate surface area is 191 Å². The van der Waals surface area contributed by atoms with Crippen molar-refractivity contribution in [3.05, 3.63) is 22.8 Å². The molecule has 0 bridgehead atoms. The van der Waals surface area contributed by atoms with Gasteiger partial charge >= 0.3 is 6.09 Å². The Morgan fingerprint density at radius 1 is 1.32 bits per heavy atom. The summed E-state index contributed by atoms with van der Waals surface area (Å²) in [7, 11) is 2.30. The molecule has 1 atom stereocenters. The first-order chi connectivity index (χ1) is 13.3. The molecule has 0 aliphatic rings. The minimum Gasteiger partial charge on any atom is -0.444 e. The number of fused-ring (bicyclic) bond motifs is 1. The molecule has 1 aromatic carbocycles. The average Bonchev–Trinajstić information content (AvgIpc) is 3.01. The number of hydrogen-bond donors (Lipinski definition) is 2. The van der Waals surface area contributed by atoms with Gasteiger partial charge in [-0.05, 0) is 61.4 Å². The van der Waals surface area contributed by atoms with Crippen LogP contribution in [-0.2, 0) is 4.74 Å². The highest BCUT2D eigenvalue weighted by Gasteiger charge is 2.15. The molecule has 0 fully saturated rings. The van der Waals surface area contributed by atoms with Gasteiger partial charge in [0.25, 0.3) is 0 Å². The van der Waals surface area contributed by atoms with Crippen molar-refractivity contribution in [1.82, 2.24) is 14.9 Å². The number of anilines is 1. The first kappa shape index (κ1) is 23.7. The summed E-state index contributed by atoms with van der Waals surface area (Å²) >= 11 is 5.93. The van der Waals surface area contributed by atoms with E-state index in [-0.39, 0.29) is 6.09 Å². The van der Waals surface area contributed by atoms with Crippen LogP contribution in [0.15, 0.2) is 22.8 Å². The maximum absolute atomic E-state index is 11.5. The van der Waals surface area contributed by atoms with Crippen molar-refractivity contribution in [3.8, 4) is 0 Å². The van der Waals surface area contributed by atoms with Gasteiger partial charge in [0.1, 0.15) is 12.9 Å². The molecule has 28 heavy (non-hydrogen) atoms. The first-order valence-electron chi connectivity index (χ1n) is 9.36. The van der Waals surface area contributed by atoms with Gasteiger partial charge in [-0.3, -0.25) is 0 Å². The second-order valence-corrected chi connectivity index (χ2v) is 10.4. The second kappa shape index (κ2) is 11.6. The van der Waals surface area contributed by atoms with Crippen LogP contribution in [-0.4, -0.2) is 41.6 Å². The van der Waals surface area contributed by atoms with Gasteiger partial charge in [0.2, 0.25) is 0 Å². The molecule has 0 aliphatic carbocycles. The van der Waals surface area contributed by atoms with Crippen molar-refractivity contribution in [1.29, 1.82) is 0 Å². The highest BCUT2D eigenvalue weighted by molar-refractivity contribution is 14.2. The Hall–Kier alpha value is -0.535. The van der Waals surface area contributed by atoms with Crippen LogP contribution in [0, 0.1) is 0 Å². The van der Waals surface area contributed by atoms with Crippen molar-refractivity contribution in [3.63, 3.8) is 0 Å². The van der Waals surface area contributed by atoms with E-state index < -0.39 is 5.60 Å². The molecule has 0 saturated heterocycles. The number of nitrogens with one attached hydrogen (secondary N) is 2. The zero-order chi connectivity index (χ0) is 20.6. The van der Waals surface area contributed by atoms with Crippen LogP contribution in [0.3, 0.4) is 0 Å². The predicted octanol–water partition coefficient (Wildman–Crippen LogP) is 5.85. The van der Waals surface area contributed by atoms with Gasteiger partial charge in [0.05, 0.1) is 18.1 Å². The van der Waals surface area contributed by atoms with Crippen molar-refractivity contribution >= 4 is 74.3 Å². The molecular formula is C18H27BBrIN4O2P. The number of ether oxygens (including phenoxy) is 1. The van der Waals surface area contributed by atoms with Gasteiger partial charge in [-0.25, -0.2) is 9.25 Å². The summed E-state index contributed by atoms with van der Waals surface area (Å²) in [6.45, 7) is 7.14. The Morgan fingerprint density at radius 3 is 2.82 bits per heavy atom. The summed E-state index contributed by atoms with van der Waals surface area (Å²) in [5.74, 6) is 0. The lowest BCUT2D eigenvalue weighted by molar-refractivity contribution is 0.0527. The molecule has 153 valence electrons. The predicted molar refractivity (Wildman–Crippen MR) is 132 cm³/mol. The number of alkyl carbamates (subject to hydrolysis) is 1. The number of aromatic nitrogens is 2. The molecule has 1 amide bonds. The third kappa shape index (κ3) is 8.07. The van der Waals surface area contributed by atoms with E-state index in [0.29, 0.717) is 12.9 Å². The van der Waals surface area contributed by atoms with E-state index in [1.807, 2.05) is 31.4 Å².